The van der Waals surface area contributed by atoms with Crippen molar-refractivity contribution in [3.8, 4) is 0 Å². The molecule has 1 fully saturated rings. The first kappa shape index (κ1) is 7.05. The van der Waals surface area contributed by atoms with Crippen molar-refractivity contribution < 1.29 is 9.53 Å². The minimum atomic E-state index is -0.299. The SMILES string of the molecule is CC(=N)COC(=O)N1CC1. The summed E-state index contributed by atoms with van der Waals surface area (Å²) >= 11 is 0. The normalized spacial score (nSPS) is 14.7. The van der Waals surface area contributed by atoms with Crippen LogP contribution in [0, 0.1) is 5.41 Å². The number of nitrogens with zero attached hydrogens (tertiary/aromatic N) is 1. The summed E-state index contributed by atoms with van der Waals surface area (Å²) in [5.74, 6) is 0. The van der Waals surface area contributed by atoms with Gasteiger partial charge in [0.25, 0.3) is 0 Å². The van der Waals surface area contributed by atoms with E-state index in [2.05, 4.69) is 4.74 Å². The van der Waals surface area contributed by atoms with Crippen LogP contribution in [0.5, 0.6) is 0 Å². The predicted octanol–water partition coefficient (Wildman–Crippen LogP) is 0.478. The molecule has 0 aromatic rings. The monoisotopic (exact) mass is 142 g/mol. The van der Waals surface area contributed by atoms with Crippen LogP contribution in [-0.2, 0) is 4.74 Å². The number of carbonyl (C=O) groups excluding carboxylic acids is 1. The van der Waals surface area contributed by atoms with E-state index in [0.29, 0.717) is 5.71 Å². The maximum absolute atomic E-state index is 10.7. The molecule has 4 heteroatoms. The number of hydrogen-bond acceptors (Lipinski definition) is 3. The fourth-order valence-corrected chi connectivity index (χ4v) is 0.494. The summed E-state index contributed by atoms with van der Waals surface area (Å²) in [7, 11) is 0. The highest BCUT2D eigenvalue weighted by Gasteiger charge is 2.25. The number of carbonyl (C=O) groups is 1. The van der Waals surface area contributed by atoms with Crippen LogP contribution >= 0.6 is 0 Å². The maximum Gasteiger partial charge on any atom is 0.410 e. The van der Waals surface area contributed by atoms with Crippen molar-refractivity contribution in [3.05, 3.63) is 0 Å². The Kier molecular flexibility index (Phi) is 1.89. The first-order valence-electron chi connectivity index (χ1n) is 3.16. The van der Waals surface area contributed by atoms with Crippen LogP contribution in [0.4, 0.5) is 4.79 Å². The molecule has 0 bridgehead atoms. The van der Waals surface area contributed by atoms with Gasteiger partial charge in [0.2, 0.25) is 0 Å². The Balaban J connectivity index is 2.12. The van der Waals surface area contributed by atoms with Gasteiger partial charge in [-0.1, -0.05) is 0 Å². The third kappa shape index (κ3) is 2.05. The summed E-state index contributed by atoms with van der Waals surface area (Å²) in [4.78, 5) is 12.3. The molecule has 1 aliphatic heterocycles. The predicted molar refractivity (Wildman–Crippen MR) is 36.3 cm³/mol. The molecule has 0 aromatic carbocycles. The van der Waals surface area contributed by atoms with Crippen molar-refractivity contribution in [2.45, 2.75) is 6.92 Å². The molecule has 1 amide bonds. The van der Waals surface area contributed by atoms with Crippen molar-refractivity contribution in [3.63, 3.8) is 0 Å². The van der Waals surface area contributed by atoms with E-state index in [1.54, 1.807) is 11.8 Å². The van der Waals surface area contributed by atoms with Crippen molar-refractivity contribution >= 4 is 11.8 Å². The molecule has 0 saturated carbocycles. The van der Waals surface area contributed by atoms with Gasteiger partial charge in [0.15, 0.2) is 0 Å². The molecule has 10 heavy (non-hydrogen) atoms. The van der Waals surface area contributed by atoms with E-state index in [1.807, 2.05) is 0 Å². The molecule has 1 saturated heterocycles. The molecule has 0 aromatic heterocycles. The van der Waals surface area contributed by atoms with Gasteiger partial charge in [-0.15, -0.1) is 0 Å². The lowest BCUT2D eigenvalue weighted by Gasteiger charge is -2.01. The Morgan fingerprint density at radius 2 is 2.30 bits per heavy atom. The Bertz CT molecular complexity index is 163. The summed E-state index contributed by atoms with van der Waals surface area (Å²) in [6.07, 6.45) is -0.299. The molecule has 1 rings (SSSR count). The maximum atomic E-state index is 10.7. The highest BCUT2D eigenvalue weighted by atomic mass is 16.6. The van der Waals surface area contributed by atoms with Gasteiger partial charge in [0.05, 0.1) is 0 Å². The summed E-state index contributed by atoms with van der Waals surface area (Å²) in [5.41, 5.74) is 0.371. The molecular formula is C6H10N2O2. The second kappa shape index (κ2) is 2.68. The highest BCUT2D eigenvalue weighted by molar-refractivity contribution is 5.82. The molecule has 1 heterocycles. The summed E-state index contributed by atoms with van der Waals surface area (Å²) in [6, 6.07) is 0. The number of rotatable bonds is 2. The zero-order valence-corrected chi connectivity index (χ0v) is 5.89. The van der Waals surface area contributed by atoms with Crippen molar-refractivity contribution in [2.24, 2.45) is 0 Å². The molecule has 0 atom stereocenters. The van der Waals surface area contributed by atoms with Crippen LogP contribution in [0.3, 0.4) is 0 Å². The fourth-order valence-electron chi connectivity index (χ4n) is 0.494. The Morgan fingerprint density at radius 1 is 1.70 bits per heavy atom. The molecule has 1 aliphatic rings. The van der Waals surface area contributed by atoms with Gasteiger partial charge in [0, 0.05) is 18.8 Å². The van der Waals surface area contributed by atoms with Gasteiger partial charge in [-0.05, 0) is 6.92 Å². The van der Waals surface area contributed by atoms with Gasteiger partial charge < -0.3 is 15.0 Å². The van der Waals surface area contributed by atoms with E-state index < -0.39 is 0 Å². The lowest BCUT2D eigenvalue weighted by Crippen LogP contribution is -2.16. The third-order valence-electron chi connectivity index (χ3n) is 1.12. The average Bonchev–Trinajstić information content (AvgIpc) is 2.63. The molecular weight excluding hydrogens is 132 g/mol. The van der Waals surface area contributed by atoms with Crippen LogP contribution < -0.4 is 0 Å². The summed E-state index contributed by atoms with van der Waals surface area (Å²) < 4.78 is 4.69. The fraction of sp³-hybridized carbons (Fsp3) is 0.667. The lowest BCUT2D eigenvalue weighted by atomic mass is 10.5. The molecule has 0 spiro atoms. The van der Waals surface area contributed by atoms with Crippen LogP contribution in [-0.4, -0.2) is 36.4 Å². The highest BCUT2D eigenvalue weighted by Crippen LogP contribution is 2.05. The van der Waals surface area contributed by atoms with E-state index in [4.69, 9.17) is 5.41 Å². The van der Waals surface area contributed by atoms with E-state index in [0.717, 1.165) is 13.1 Å². The Morgan fingerprint density at radius 3 is 2.70 bits per heavy atom. The van der Waals surface area contributed by atoms with Crippen LogP contribution in [0.1, 0.15) is 6.92 Å². The number of ether oxygens (including phenoxy) is 1. The summed E-state index contributed by atoms with van der Waals surface area (Å²) in [6.45, 7) is 3.33. The zero-order chi connectivity index (χ0) is 7.56. The largest absolute Gasteiger partial charge is 0.443 e. The van der Waals surface area contributed by atoms with E-state index >= 15 is 0 Å². The minimum absolute atomic E-state index is 0.120. The van der Waals surface area contributed by atoms with Crippen molar-refractivity contribution in [1.29, 1.82) is 5.41 Å². The van der Waals surface area contributed by atoms with Crippen LogP contribution in [0.2, 0.25) is 0 Å². The first-order chi connectivity index (χ1) is 4.70. The van der Waals surface area contributed by atoms with Gasteiger partial charge >= 0.3 is 6.09 Å². The molecule has 0 radical (unpaired) electrons. The van der Waals surface area contributed by atoms with Crippen LogP contribution in [0.15, 0.2) is 0 Å². The quantitative estimate of drug-likeness (QED) is 0.450. The van der Waals surface area contributed by atoms with Gasteiger partial charge in [-0.25, -0.2) is 4.79 Å². The molecule has 0 aliphatic carbocycles. The standard InChI is InChI=1S/C6H10N2O2/c1-5(7)4-10-6(9)8-2-3-8/h7H,2-4H2,1H3. The van der Waals surface area contributed by atoms with Gasteiger partial charge in [-0.3, -0.25) is 0 Å². The second-order valence-electron chi connectivity index (χ2n) is 2.32. The number of hydrogen-bond donors (Lipinski definition) is 1. The lowest BCUT2D eigenvalue weighted by molar-refractivity contribution is 0.146. The third-order valence-corrected chi connectivity index (χ3v) is 1.12. The van der Waals surface area contributed by atoms with Gasteiger partial charge in [-0.2, -0.15) is 0 Å². The summed E-state index contributed by atoms with van der Waals surface area (Å²) in [5, 5.41) is 6.95. The number of amides is 1. The van der Waals surface area contributed by atoms with Crippen LogP contribution in [0.25, 0.3) is 0 Å². The minimum Gasteiger partial charge on any atom is -0.443 e. The molecule has 4 nitrogen and oxygen atoms in total. The Labute approximate surface area is 59.3 Å². The van der Waals surface area contributed by atoms with E-state index in [9.17, 15) is 4.79 Å². The van der Waals surface area contributed by atoms with Gasteiger partial charge in [0.1, 0.15) is 6.61 Å². The topological polar surface area (TPSA) is 53.2 Å². The zero-order valence-electron chi connectivity index (χ0n) is 5.89. The molecule has 1 N–H and O–H groups in total. The second-order valence-corrected chi connectivity index (χ2v) is 2.32. The molecule has 56 valence electrons. The van der Waals surface area contributed by atoms with Crippen molar-refractivity contribution in [1.82, 2.24) is 4.90 Å². The first-order valence-corrected chi connectivity index (χ1v) is 3.16. The van der Waals surface area contributed by atoms with E-state index in [1.165, 1.54) is 0 Å². The smallest absolute Gasteiger partial charge is 0.410 e. The average molecular weight is 142 g/mol. The Hall–Kier alpha value is -1.06. The van der Waals surface area contributed by atoms with Crippen molar-refractivity contribution in [2.75, 3.05) is 19.7 Å². The molecule has 0 unspecified atom stereocenters. The van der Waals surface area contributed by atoms with E-state index in [-0.39, 0.29) is 12.7 Å². The number of nitrogens with one attached hydrogen (secondary N) is 1.